The van der Waals surface area contributed by atoms with E-state index in [0.29, 0.717) is 5.39 Å². The minimum Gasteiger partial charge on any atom is -0.364 e. The number of hydrogen-bond donors (Lipinski definition) is 2. The van der Waals surface area contributed by atoms with E-state index in [-0.39, 0.29) is 5.69 Å². The van der Waals surface area contributed by atoms with Crippen molar-refractivity contribution in [3.8, 4) is 11.3 Å². The molecule has 0 radical (unpaired) electrons. The first kappa shape index (κ1) is 18.4. The lowest BCUT2D eigenvalue weighted by Crippen LogP contribution is -2.11. The van der Waals surface area contributed by atoms with Crippen LogP contribution in [0.3, 0.4) is 0 Å². The van der Waals surface area contributed by atoms with Crippen molar-refractivity contribution >= 4 is 16.8 Å². The maximum Gasteiger partial charge on any atom is 0.269 e. The topological polar surface area (TPSA) is 89.6 Å². The highest BCUT2D eigenvalue weighted by atomic mass is 16.1. The second kappa shape index (κ2) is 8.73. The van der Waals surface area contributed by atoms with Crippen molar-refractivity contribution < 1.29 is 4.79 Å². The molecule has 0 saturated heterocycles. The molecule has 2 aromatic heterocycles. The number of aromatic nitrogens is 4. The first-order valence-electron chi connectivity index (χ1n) is 7.84. The van der Waals surface area contributed by atoms with Gasteiger partial charge in [0.2, 0.25) is 0 Å². The van der Waals surface area contributed by atoms with E-state index in [0.717, 1.165) is 16.8 Å². The summed E-state index contributed by atoms with van der Waals surface area (Å²) >= 11 is 0. The molecule has 1 aromatic carbocycles. The average molecular weight is 315 g/mol. The van der Waals surface area contributed by atoms with Crippen LogP contribution >= 0.6 is 0 Å². The van der Waals surface area contributed by atoms with E-state index >= 15 is 0 Å². The Balaban J connectivity index is 0.000000477. The van der Waals surface area contributed by atoms with E-state index in [1.165, 1.54) is 6.42 Å². The molecule has 6 heteroatoms. The second-order valence-corrected chi connectivity index (χ2v) is 4.78. The Labute approximate surface area is 136 Å². The number of nitrogens with zero attached hydrogens (tertiary/aromatic N) is 3. The van der Waals surface area contributed by atoms with Gasteiger partial charge in [-0.1, -0.05) is 40.2 Å². The number of nitrogens with one attached hydrogen (secondary N) is 1. The van der Waals surface area contributed by atoms with Gasteiger partial charge in [0.05, 0.1) is 11.2 Å². The normalized spacial score (nSPS) is 9.61. The number of rotatable bonds is 2. The van der Waals surface area contributed by atoms with Crippen molar-refractivity contribution in [3.05, 3.63) is 36.2 Å². The number of benzene rings is 1. The molecule has 6 nitrogen and oxygen atoms in total. The van der Waals surface area contributed by atoms with E-state index in [2.05, 4.69) is 29.1 Å². The van der Waals surface area contributed by atoms with E-state index < -0.39 is 5.91 Å². The maximum atomic E-state index is 11.2. The average Bonchev–Trinajstić information content (AvgIpc) is 3.15. The lowest BCUT2D eigenvalue weighted by molar-refractivity contribution is 0.0997. The van der Waals surface area contributed by atoms with Crippen molar-refractivity contribution in [2.24, 2.45) is 12.8 Å². The molecule has 0 bridgehead atoms. The Kier molecular flexibility index (Phi) is 6.99. The number of primary amides is 1. The Morgan fingerprint density at radius 1 is 1.26 bits per heavy atom. The molecular weight excluding hydrogens is 290 g/mol. The van der Waals surface area contributed by atoms with E-state index in [4.69, 9.17) is 5.73 Å². The van der Waals surface area contributed by atoms with Gasteiger partial charge in [0, 0.05) is 24.2 Å². The van der Waals surface area contributed by atoms with Gasteiger partial charge < -0.3 is 5.73 Å². The molecule has 0 unspecified atom stereocenters. The van der Waals surface area contributed by atoms with Crippen LogP contribution in [0.4, 0.5) is 0 Å². The van der Waals surface area contributed by atoms with Crippen LogP contribution in [0.2, 0.25) is 0 Å². The minimum absolute atomic E-state index is 0.253. The van der Waals surface area contributed by atoms with Crippen LogP contribution in [0.25, 0.3) is 22.2 Å². The van der Waals surface area contributed by atoms with Gasteiger partial charge in [-0.2, -0.15) is 10.2 Å². The number of aromatic amines is 1. The molecule has 0 fully saturated rings. The number of hydrogen-bond acceptors (Lipinski definition) is 3. The van der Waals surface area contributed by atoms with Gasteiger partial charge in [0.15, 0.2) is 5.69 Å². The molecule has 0 spiro atoms. The highest BCUT2D eigenvalue weighted by Crippen LogP contribution is 2.23. The van der Waals surface area contributed by atoms with Gasteiger partial charge in [-0.25, -0.2) is 0 Å². The number of nitrogens with two attached hydrogens (primary N) is 1. The maximum absolute atomic E-state index is 11.2. The first-order valence-corrected chi connectivity index (χ1v) is 7.84. The SMILES string of the molecule is CC.CCC.Cn1ccc(-c2ccc3[nH]nc(C(N)=O)c3c2)n1. The zero-order valence-electron chi connectivity index (χ0n) is 14.4. The molecule has 3 aromatic rings. The van der Waals surface area contributed by atoms with Crippen LogP contribution in [0, 0.1) is 0 Å². The summed E-state index contributed by atoms with van der Waals surface area (Å²) in [6, 6.07) is 7.55. The van der Waals surface area contributed by atoms with Crippen molar-refractivity contribution in [1.29, 1.82) is 0 Å². The highest BCUT2D eigenvalue weighted by Gasteiger charge is 2.12. The van der Waals surface area contributed by atoms with Crippen LogP contribution in [0.5, 0.6) is 0 Å². The number of carbonyl (C=O) groups is 1. The lowest BCUT2D eigenvalue weighted by atomic mass is 10.1. The standard InChI is InChI=1S/C12H11N5O.C3H8.C2H6/c1-17-5-4-9(16-17)7-2-3-10-8(6-7)11(12(13)18)15-14-10;1-3-2;1-2/h2-6H,1H3,(H2,13,18)(H,14,15);3H2,1-2H3;1-2H3. The van der Waals surface area contributed by atoms with Crippen molar-refractivity contribution in [1.82, 2.24) is 20.0 Å². The lowest BCUT2D eigenvalue weighted by Gasteiger charge is -1.97. The van der Waals surface area contributed by atoms with Gasteiger partial charge in [-0.3, -0.25) is 14.6 Å². The van der Waals surface area contributed by atoms with Gasteiger partial charge in [-0.15, -0.1) is 0 Å². The van der Waals surface area contributed by atoms with Crippen LogP contribution < -0.4 is 5.73 Å². The minimum atomic E-state index is -0.542. The quantitative estimate of drug-likeness (QED) is 0.758. The summed E-state index contributed by atoms with van der Waals surface area (Å²) in [6.07, 6.45) is 3.11. The molecule has 3 rings (SSSR count). The van der Waals surface area contributed by atoms with Crippen LogP contribution in [-0.4, -0.2) is 25.9 Å². The Morgan fingerprint density at radius 3 is 2.43 bits per heavy atom. The number of amides is 1. The molecular formula is C17H25N5O. The van der Waals surface area contributed by atoms with E-state index in [1.54, 1.807) is 4.68 Å². The summed E-state index contributed by atoms with van der Waals surface area (Å²) in [6.45, 7) is 8.25. The summed E-state index contributed by atoms with van der Waals surface area (Å²) in [4.78, 5) is 11.2. The summed E-state index contributed by atoms with van der Waals surface area (Å²) < 4.78 is 1.73. The van der Waals surface area contributed by atoms with Gasteiger partial charge in [0.25, 0.3) is 5.91 Å². The highest BCUT2D eigenvalue weighted by molar-refractivity contribution is 6.04. The second-order valence-electron chi connectivity index (χ2n) is 4.78. The summed E-state index contributed by atoms with van der Waals surface area (Å²) in [7, 11) is 1.86. The first-order chi connectivity index (χ1) is 11.1. The molecule has 3 N–H and O–H groups in total. The predicted molar refractivity (Wildman–Crippen MR) is 94.1 cm³/mol. The number of aryl methyl sites for hydroxylation is 1. The van der Waals surface area contributed by atoms with Crippen LogP contribution in [0.15, 0.2) is 30.5 Å². The third-order valence-electron chi connectivity index (χ3n) is 2.81. The Bertz CT molecular complexity index is 757. The van der Waals surface area contributed by atoms with E-state index in [9.17, 15) is 4.79 Å². The Morgan fingerprint density at radius 2 is 1.91 bits per heavy atom. The summed E-state index contributed by atoms with van der Waals surface area (Å²) in [5.41, 5.74) is 8.08. The molecule has 23 heavy (non-hydrogen) atoms. The Hall–Kier alpha value is -2.63. The monoisotopic (exact) mass is 315 g/mol. The number of H-pyrrole nitrogens is 1. The molecule has 1 amide bonds. The zero-order valence-corrected chi connectivity index (χ0v) is 14.4. The molecule has 2 heterocycles. The number of fused-ring (bicyclic) bond motifs is 1. The van der Waals surface area contributed by atoms with Gasteiger partial charge in [0.1, 0.15) is 0 Å². The molecule has 124 valence electrons. The van der Waals surface area contributed by atoms with Gasteiger partial charge >= 0.3 is 0 Å². The third kappa shape index (κ3) is 4.42. The predicted octanol–water partition coefficient (Wildman–Crippen LogP) is 3.50. The molecule has 0 aliphatic heterocycles. The largest absolute Gasteiger partial charge is 0.364 e. The number of carbonyl (C=O) groups excluding carboxylic acids is 1. The third-order valence-corrected chi connectivity index (χ3v) is 2.81. The van der Waals surface area contributed by atoms with E-state index in [1.807, 2.05) is 51.4 Å². The molecule has 0 aliphatic rings. The van der Waals surface area contributed by atoms with Crippen molar-refractivity contribution in [2.75, 3.05) is 0 Å². The summed E-state index contributed by atoms with van der Waals surface area (Å²) in [5.74, 6) is -0.542. The smallest absolute Gasteiger partial charge is 0.269 e. The molecule has 0 aliphatic carbocycles. The van der Waals surface area contributed by atoms with Gasteiger partial charge in [-0.05, 0) is 18.2 Å². The van der Waals surface area contributed by atoms with Crippen LogP contribution in [-0.2, 0) is 7.05 Å². The molecule has 0 atom stereocenters. The fourth-order valence-electron chi connectivity index (χ4n) is 1.93. The fourth-order valence-corrected chi connectivity index (χ4v) is 1.93. The van der Waals surface area contributed by atoms with Crippen molar-refractivity contribution in [3.63, 3.8) is 0 Å². The summed E-state index contributed by atoms with van der Waals surface area (Å²) in [5, 5.41) is 11.7. The van der Waals surface area contributed by atoms with Crippen LogP contribution in [0.1, 0.15) is 44.6 Å². The van der Waals surface area contributed by atoms with Crippen molar-refractivity contribution in [2.45, 2.75) is 34.1 Å². The fraction of sp³-hybridized carbons (Fsp3) is 0.353. The molecule has 0 saturated carbocycles. The zero-order chi connectivity index (χ0) is 17.4.